The summed E-state index contributed by atoms with van der Waals surface area (Å²) in [5.74, 6) is 3.76. The second-order valence-electron chi connectivity index (χ2n) is 25.9. The average molecular weight is 1640 g/mol. The fourth-order valence-electron chi connectivity index (χ4n) is 10.7. The summed E-state index contributed by atoms with van der Waals surface area (Å²) in [6.45, 7) is 13.5. The van der Waals surface area contributed by atoms with E-state index in [1.165, 1.54) is 13.8 Å². The van der Waals surface area contributed by atoms with E-state index in [0.29, 0.717) is 16.9 Å². The lowest BCUT2D eigenvalue weighted by Crippen LogP contribution is -2.48. The summed E-state index contributed by atoms with van der Waals surface area (Å²) in [5, 5.41) is 68.4. The molecule has 0 radical (unpaired) electrons. The number of aromatic nitrogens is 4. The topological polar surface area (TPSA) is 432 Å². The molecular formula is C73H85Cl3N7O24P3. The smallest absolute Gasteiger partial charge is 0.459 e. The van der Waals surface area contributed by atoms with Crippen LogP contribution < -0.4 is 51.3 Å². The van der Waals surface area contributed by atoms with Crippen LogP contribution in [0.15, 0.2) is 171 Å². The van der Waals surface area contributed by atoms with Gasteiger partial charge in [-0.1, -0.05) is 123 Å². The third-order valence-corrected chi connectivity index (χ3v) is 22.1. The van der Waals surface area contributed by atoms with E-state index in [1.54, 1.807) is 105 Å². The van der Waals surface area contributed by atoms with Crippen LogP contribution >= 0.6 is 56.6 Å². The van der Waals surface area contributed by atoms with Crippen LogP contribution in [0.1, 0.15) is 88.6 Å². The number of ether oxygens (including phenoxy) is 5. The number of aliphatic hydroxyl groups excluding tert-OH is 3. The number of fused-ring (bicyclic) bond motifs is 3. The summed E-state index contributed by atoms with van der Waals surface area (Å²) >= 11 is 16.7. The van der Waals surface area contributed by atoms with Crippen LogP contribution in [-0.4, -0.2) is 153 Å². The van der Waals surface area contributed by atoms with E-state index in [1.807, 2.05) is 106 Å². The molecule has 4 heterocycles. The van der Waals surface area contributed by atoms with Crippen molar-refractivity contribution in [2.24, 2.45) is 0 Å². The summed E-state index contributed by atoms with van der Waals surface area (Å²) in [5.41, 5.74) is -8.10. The summed E-state index contributed by atoms with van der Waals surface area (Å²) in [4.78, 5) is 87.0. The van der Waals surface area contributed by atoms with Gasteiger partial charge in [-0.3, -0.25) is 52.2 Å². The van der Waals surface area contributed by atoms with Crippen molar-refractivity contribution in [2.75, 3.05) is 13.2 Å². The van der Waals surface area contributed by atoms with Crippen molar-refractivity contribution in [3.8, 4) is 39.8 Å². The molecule has 0 aliphatic carbocycles. The van der Waals surface area contributed by atoms with Crippen LogP contribution in [0.4, 0.5) is 0 Å². The summed E-state index contributed by atoms with van der Waals surface area (Å²) < 4.78 is 90.9. The van der Waals surface area contributed by atoms with Gasteiger partial charge in [0.1, 0.15) is 59.8 Å². The van der Waals surface area contributed by atoms with Gasteiger partial charge in [0, 0.05) is 62.7 Å². The molecule has 110 heavy (non-hydrogen) atoms. The molecule has 0 amide bonds. The molecule has 37 heteroatoms. The van der Waals surface area contributed by atoms with Gasteiger partial charge in [-0.2, -0.15) is 5.09 Å². The Bertz CT molecular complexity index is 5080. The van der Waals surface area contributed by atoms with E-state index in [0.717, 1.165) is 60.6 Å². The molecule has 592 valence electrons. The quantitative estimate of drug-likeness (QED) is 0.0110. The molecule has 3 unspecified atom stereocenters. The van der Waals surface area contributed by atoms with Gasteiger partial charge >= 0.3 is 51.4 Å². The third kappa shape index (κ3) is 23.1. The predicted octanol–water partition coefficient (Wildman–Crippen LogP) is 8.98. The highest BCUT2D eigenvalue weighted by Gasteiger charge is 2.58. The van der Waals surface area contributed by atoms with Crippen LogP contribution in [0.3, 0.4) is 0 Å². The van der Waals surface area contributed by atoms with Crippen molar-refractivity contribution in [1.82, 2.24) is 34.4 Å². The number of nitrogens with zero attached hydrogens (tertiary/aromatic N) is 2. The Kier molecular flexibility index (Phi) is 31.6. The van der Waals surface area contributed by atoms with E-state index in [9.17, 15) is 67.7 Å². The van der Waals surface area contributed by atoms with E-state index >= 15 is 0 Å². The minimum atomic E-state index is -4.44. The van der Waals surface area contributed by atoms with Crippen molar-refractivity contribution >= 4 is 107 Å². The van der Waals surface area contributed by atoms with Crippen LogP contribution in [0.5, 0.6) is 17.2 Å². The normalized spacial score (nSPS) is 21.7. The maximum Gasteiger partial charge on any atom is 0.459 e. The number of nitrogens with one attached hydrogen (secondary N) is 5. The van der Waals surface area contributed by atoms with Crippen LogP contribution in [-0.2, 0) is 56.3 Å². The molecule has 2 fully saturated rings. The number of carbonyl (C=O) groups is 3. The van der Waals surface area contributed by atoms with Gasteiger partial charge in [-0.05, 0) is 132 Å². The fourth-order valence-corrected chi connectivity index (χ4v) is 15.9. The molecule has 31 nitrogen and oxygen atoms in total. The van der Waals surface area contributed by atoms with Crippen LogP contribution in [0.25, 0.3) is 32.3 Å². The fraction of sp³-hybridized carbons (Fsp3) is 0.384. The second kappa shape index (κ2) is 39.1. The Balaban J connectivity index is 0.000000214. The minimum absolute atomic E-state index is 0.170. The molecule has 14 atom stereocenters. The molecule has 2 aliphatic heterocycles. The number of aliphatic hydroxyl groups is 5. The zero-order valence-corrected chi connectivity index (χ0v) is 66.2. The Morgan fingerprint density at radius 1 is 0.518 bits per heavy atom. The maximum absolute atomic E-state index is 14.1. The number of benzene rings is 6. The number of rotatable bonds is 25. The Morgan fingerprint density at radius 3 is 1.25 bits per heavy atom. The molecule has 0 bridgehead atoms. The van der Waals surface area contributed by atoms with Crippen LogP contribution in [0, 0.1) is 22.6 Å². The molecular weight excluding hydrogens is 1560 g/mol. The predicted molar refractivity (Wildman–Crippen MR) is 412 cm³/mol. The zero-order valence-electron chi connectivity index (χ0n) is 61.2. The lowest BCUT2D eigenvalue weighted by atomic mass is 9.95. The molecule has 2 saturated heterocycles. The van der Waals surface area contributed by atoms with Crippen molar-refractivity contribution in [1.29, 1.82) is 0 Å². The Morgan fingerprint density at radius 2 is 0.873 bits per heavy atom. The first-order chi connectivity index (χ1) is 51.8. The minimum Gasteiger partial charge on any atom is -0.462 e. The molecule has 10 N–H and O–H groups in total. The number of halogens is 3. The molecule has 2 aliphatic rings. The number of H-pyrrole nitrogens is 2. The lowest BCUT2D eigenvalue weighted by molar-refractivity contribution is -0.150. The van der Waals surface area contributed by atoms with Crippen molar-refractivity contribution in [3.05, 3.63) is 194 Å². The van der Waals surface area contributed by atoms with Gasteiger partial charge < -0.3 is 62.8 Å². The van der Waals surface area contributed by atoms with Crippen molar-refractivity contribution in [2.45, 2.75) is 166 Å². The summed E-state index contributed by atoms with van der Waals surface area (Å²) in [7, 11) is -7.77. The van der Waals surface area contributed by atoms with E-state index in [2.05, 4.69) is 27.1 Å². The second-order valence-corrected chi connectivity index (χ2v) is 33.4. The Labute approximate surface area is 646 Å². The first-order valence-electron chi connectivity index (χ1n) is 34.0. The molecule has 10 rings (SSSR count). The summed E-state index contributed by atoms with van der Waals surface area (Å²) in [6.07, 6.45) is -7.91. The van der Waals surface area contributed by atoms with Gasteiger partial charge in [-0.15, -0.1) is 0 Å². The average Bonchev–Trinajstić information content (AvgIpc) is 1.61. The monoisotopic (exact) mass is 1640 g/mol. The van der Waals surface area contributed by atoms with Crippen molar-refractivity contribution < 1.29 is 95.4 Å². The Hall–Kier alpha value is -8.49. The van der Waals surface area contributed by atoms with Gasteiger partial charge in [-0.25, -0.2) is 28.9 Å². The first-order valence-corrected chi connectivity index (χ1v) is 40.6. The largest absolute Gasteiger partial charge is 0.462 e. The van der Waals surface area contributed by atoms with Crippen molar-refractivity contribution in [3.63, 3.8) is 0 Å². The van der Waals surface area contributed by atoms with Gasteiger partial charge in [0.2, 0.25) is 11.2 Å². The number of carbonyl (C=O) groups excluding carboxylic acids is 3. The molecule has 2 aromatic heterocycles. The SMILES string of the molecule is CC(C)OC(=O)[C@H](C)NP(=O)(Cl)Oc1cccc2ccccc12.CC(C)OC(=O)[C@H](C)NP(=O)(OC[C@H]1O[C@@H](n2ccc(=O)[nH]c2=O)[C@@](O)(C#CCl)[C@@H]1O)Oc1cccc2ccccc12.CC(C)OC(=O)[C@H](C)NP(=O)(Oc1cccc2ccccc12)C(C)C.O=c1ccn([C@@H]2O[C@H](CO)[C@@H](O)[C@]2(O)C#CCl)c(=O)[nH]1. The van der Waals surface area contributed by atoms with E-state index in [-0.39, 0.29) is 23.6 Å². The highest BCUT2D eigenvalue weighted by atomic mass is 35.7. The lowest BCUT2D eigenvalue weighted by Gasteiger charge is -2.27. The number of esters is 3. The highest BCUT2D eigenvalue weighted by molar-refractivity contribution is 7.84. The van der Waals surface area contributed by atoms with Gasteiger partial charge in [0.15, 0.2) is 12.5 Å². The first kappa shape index (κ1) is 88.7. The molecule has 8 aromatic rings. The number of aromatic amines is 2. The van der Waals surface area contributed by atoms with Crippen LogP contribution in [0.2, 0.25) is 0 Å². The number of hydrogen-bond acceptors (Lipinski definition) is 24. The maximum atomic E-state index is 14.1. The number of hydrogen-bond donors (Lipinski definition) is 10. The molecule has 6 aromatic carbocycles. The standard InChI is InChI=1S/C27H29ClN3O10P.C19H26NO4P.C16H19ClNO4P.C11H11ClN2O6/c1-16(2)39-24(34)17(3)30-42(37,41-20-10-6-8-18-7-4-5-9-19(18)20)38-15-21-23(33)27(36,12-13-28)25(40-21)31-14-11-22(32)29-26(31)35;1-13(2)23-19(21)15(5)20-25(22,14(3)4)24-18-12-8-10-16-9-6-7-11-17(16)18;1-11(2)21-16(19)12(3)18-23(17,20)22-15-10-6-8-13-7-4-5-9-14(13)15;12-3-2-11(19)8(17)6(5-15)20-9(11)14-4-1-7(16)13-10(14)18/h4-11,14,16-17,21,23,25,33,36H,15H2,1-3H3,(H,30,37)(H,29,32,35);6-15H,1-5H3,(H,20,22);4-12H,1-3H3,(H,18,20);1,4,6,8-9,15,17,19H,5H2,(H,13,16,18)/t17-,21+,23+,25+,27+,42?;15-,25?;12-,23?;6-,8-,9-,11-/m0001/s1. The van der Waals surface area contributed by atoms with Gasteiger partial charge in [0.05, 0.1) is 37.2 Å². The highest BCUT2D eigenvalue weighted by Crippen LogP contribution is 2.52. The third-order valence-electron chi connectivity index (χ3n) is 16.0. The zero-order chi connectivity index (χ0) is 81.2. The van der Waals surface area contributed by atoms with E-state index < -0.39 is 148 Å². The van der Waals surface area contributed by atoms with E-state index in [4.69, 9.17) is 81.3 Å². The molecule has 0 saturated carbocycles. The molecule has 0 spiro atoms. The van der Waals surface area contributed by atoms with Gasteiger partial charge in [0.25, 0.3) is 11.1 Å². The summed E-state index contributed by atoms with van der Waals surface area (Å²) in [6, 6.07) is 37.8.